The minimum absolute atomic E-state index is 0.734. The normalized spacial score (nSPS) is 17.2. The lowest BCUT2D eigenvalue weighted by Crippen LogP contribution is -2.48. The quantitative estimate of drug-likeness (QED) is 0.741. The molecule has 1 aromatic heterocycles. The van der Waals surface area contributed by atoms with Crippen LogP contribution in [0.2, 0.25) is 0 Å². The van der Waals surface area contributed by atoms with Gasteiger partial charge in [-0.1, -0.05) is 0 Å². The van der Waals surface area contributed by atoms with Crippen molar-refractivity contribution >= 4 is 11.6 Å². The minimum atomic E-state index is 0.734. The van der Waals surface area contributed by atoms with Crippen LogP contribution < -0.4 is 16.0 Å². The van der Waals surface area contributed by atoms with Crippen molar-refractivity contribution in [2.45, 2.75) is 0 Å². The van der Waals surface area contributed by atoms with Crippen LogP contribution in [-0.4, -0.2) is 61.2 Å². The number of aromatic nitrogens is 2. The van der Waals surface area contributed by atoms with Gasteiger partial charge in [-0.3, -0.25) is 4.90 Å². The molecule has 2 rings (SSSR count). The maximum absolute atomic E-state index is 5.56. The van der Waals surface area contributed by atoms with Gasteiger partial charge in [-0.25, -0.2) is 9.97 Å². The van der Waals surface area contributed by atoms with E-state index < -0.39 is 0 Å². The van der Waals surface area contributed by atoms with Gasteiger partial charge in [0.1, 0.15) is 18.0 Å². The van der Waals surface area contributed by atoms with Crippen LogP contribution in [0.5, 0.6) is 0 Å². The summed E-state index contributed by atoms with van der Waals surface area (Å²) in [4.78, 5) is 13.1. The second kappa shape index (κ2) is 5.79. The summed E-state index contributed by atoms with van der Waals surface area (Å²) < 4.78 is 0. The molecule has 6 nitrogen and oxygen atoms in total. The van der Waals surface area contributed by atoms with E-state index in [1.807, 2.05) is 13.1 Å². The highest BCUT2D eigenvalue weighted by atomic mass is 15.3. The zero-order valence-electron chi connectivity index (χ0n) is 10.3. The number of nitrogens with one attached hydrogen (secondary N) is 1. The highest BCUT2D eigenvalue weighted by Crippen LogP contribution is 2.15. The summed E-state index contributed by atoms with van der Waals surface area (Å²) >= 11 is 0. The van der Waals surface area contributed by atoms with Crippen molar-refractivity contribution in [3.63, 3.8) is 0 Å². The number of nitrogens with zero attached hydrogens (tertiary/aromatic N) is 4. The van der Waals surface area contributed by atoms with Crippen molar-refractivity contribution < 1.29 is 0 Å². The maximum atomic E-state index is 5.56. The average molecular weight is 236 g/mol. The van der Waals surface area contributed by atoms with Crippen LogP contribution in [0, 0.1) is 0 Å². The first kappa shape index (κ1) is 12.1. The van der Waals surface area contributed by atoms with Gasteiger partial charge in [0.05, 0.1) is 0 Å². The van der Waals surface area contributed by atoms with Gasteiger partial charge in [-0.2, -0.15) is 0 Å². The molecule has 1 aliphatic heterocycles. The van der Waals surface area contributed by atoms with E-state index in [4.69, 9.17) is 5.73 Å². The van der Waals surface area contributed by atoms with Crippen molar-refractivity contribution in [1.29, 1.82) is 0 Å². The number of rotatable bonds is 4. The molecule has 1 aliphatic rings. The van der Waals surface area contributed by atoms with E-state index in [1.54, 1.807) is 6.33 Å². The van der Waals surface area contributed by atoms with Crippen molar-refractivity contribution in [3.8, 4) is 0 Å². The van der Waals surface area contributed by atoms with Gasteiger partial charge in [-0.05, 0) is 0 Å². The fraction of sp³-hybridized carbons (Fsp3) is 0.636. The summed E-state index contributed by atoms with van der Waals surface area (Å²) in [6.07, 6.45) is 1.60. The van der Waals surface area contributed by atoms with Crippen LogP contribution in [0.1, 0.15) is 0 Å². The molecule has 0 saturated carbocycles. The van der Waals surface area contributed by atoms with Crippen molar-refractivity contribution in [3.05, 3.63) is 12.4 Å². The molecule has 0 radical (unpaired) electrons. The first-order valence-electron chi connectivity index (χ1n) is 6.00. The maximum Gasteiger partial charge on any atom is 0.134 e. The zero-order valence-corrected chi connectivity index (χ0v) is 10.3. The number of piperazine rings is 1. The predicted octanol–water partition coefficient (Wildman–Crippen LogP) is -0.401. The molecule has 1 fully saturated rings. The van der Waals surface area contributed by atoms with Gasteiger partial charge in [0.25, 0.3) is 0 Å². The Hall–Kier alpha value is -1.40. The fourth-order valence-electron chi connectivity index (χ4n) is 2.04. The Kier molecular flexibility index (Phi) is 4.11. The molecule has 1 saturated heterocycles. The highest BCUT2D eigenvalue weighted by Gasteiger charge is 2.17. The van der Waals surface area contributed by atoms with Gasteiger partial charge in [0.15, 0.2) is 0 Å². The summed E-state index contributed by atoms with van der Waals surface area (Å²) in [6.45, 7) is 5.82. The predicted molar refractivity (Wildman–Crippen MR) is 69.3 cm³/mol. The standard InChI is InChI=1S/C11H20N6/c1-13-10-8-11(15-9-14-10)17-6-4-16(3-2-12)5-7-17/h8-9H,2-7,12H2,1H3,(H,13,14,15). The van der Waals surface area contributed by atoms with Crippen LogP contribution in [0.15, 0.2) is 12.4 Å². The summed E-state index contributed by atoms with van der Waals surface area (Å²) in [5.74, 6) is 1.86. The summed E-state index contributed by atoms with van der Waals surface area (Å²) in [6, 6.07) is 1.98. The van der Waals surface area contributed by atoms with Crippen LogP contribution >= 0.6 is 0 Å². The third-order valence-corrected chi connectivity index (χ3v) is 3.05. The highest BCUT2D eigenvalue weighted by molar-refractivity contribution is 5.48. The Labute approximate surface area is 102 Å². The molecule has 0 atom stereocenters. The summed E-state index contributed by atoms with van der Waals surface area (Å²) in [5, 5.41) is 3.03. The smallest absolute Gasteiger partial charge is 0.134 e. The first-order chi connectivity index (χ1) is 8.33. The molecule has 0 bridgehead atoms. The van der Waals surface area contributed by atoms with E-state index >= 15 is 0 Å². The summed E-state index contributed by atoms with van der Waals surface area (Å²) in [7, 11) is 1.87. The lowest BCUT2D eigenvalue weighted by atomic mass is 10.3. The zero-order chi connectivity index (χ0) is 12.1. The van der Waals surface area contributed by atoms with Crippen LogP contribution in [-0.2, 0) is 0 Å². The minimum Gasteiger partial charge on any atom is -0.373 e. The molecule has 0 unspecified atom stereocenters. The lowest BCUT2D eigenvalue weighted by Gasteiger charge is -2.35. The average Bonchev–Trinajstić information content (AvgIpc) is 2.40. The monoisotopic (exact) mass is 236 g/mol. The number of nitrogens with two attached hydrogens (primary N) is 1. The Morgan fingerprint density at radius 2 is 2.06 bits per heavy atom. The Morgan fingerprint density at radius 1 is 1.29 bits per heavy atom. The third-order valence-electron chi connectivity index (χ3n) is 3.05. The molecule has 1 aromatic rings. The molecule has 2 heterocycles. The molecular formula is C11H20N6. The van der Waals surface area contributed by atoms with Crippen LogP contribution in [0.25, 0.3) is 0 Å². The topological polar surface area (TPSA) is 70.3 Å². The molecule has 94 valence electrons. The van der Waals surface area contributed by atoms with Crippen LogP contribution in [0.4, 0.5) is 11.6 Å². The SMILES string of the molecule is CNc1cc(N2CCN(CCN)CC2)ncn1. The van der Waals surface area contributed by atoms with E-state index in [2.05, 4.69) is 25.1 Å². The van der Waals surface area contributed by atoms with Crippen molar-refractivity contribution in [1.82, 2.24) is 14.9 Å². The van der Waals surface area contributed by atoms with Gasteiger partial charge >= 0.3 is 0 Å². The molecule has 0 aromatic carbocycles. The van der Waals surface area contributed by atoms with Crippen molar-refractivity contribution in [2.24, 2.45) is 5.73 Å². The van der Waals surface area contributed by atoms with Gasteiger partial charge in [0.2, 0.25) is 0 Å². The van der Waals surface area contributed by atoms with E-state index in [-0.39, 0.29) is 0 Å². The molecule has 0 amide bonds. The molecule has 0 spiro atoms. The molecular weight excluding hydrogens is 216 g/mol. The van der Waals surface area contributed by atoms with E-state index in [9.17, 15) is 0 Å². The largest absolute Gasteiger partial charge is 0.373 e. The molecule has 17 heavy (non-hydrogen) atoms. The van der Waals surface area contributed by atoms with Crippen molar-refractivity contribution in [2.75, 3.05) is 56.5 Å². The lowest BCUT2D eigenvalue weighted by molar-refractivity contribution is 0.264. The Balaban J connectivity index is 1.95. The Morgan fingerprint density at radius 3 is 2.71 bits per heavy atom. The number of hydrogen-bond acceptors (Lipinski definition) is 6. The van der Waals surface area contributed by atoms with E-state index in [0.29, 0.717) is 0 Å². The van der Waals surface area contributed by atoms with E-state index in [0.717, 1.165) is 50.9 Å². The van der Waals surface area contributed by atoms with Gasteiger partial charge < -0.3 is 16.0 Å². The molecule has 3 N–H and O–H groups in total. The number of hydrogen-bond donors (Lipinski definition) is 2. The van der Waals surface area contributed by atoms with Gasteiger partial charge in [-0.15, -0.1) is 0 Å². The molecule has 0 aliphatic carbocycles. The van der Waals surface area contributed by atoms with Gasteiger partial charge in [0, 0.05) is 52.4 Å². The fourth-order valence-corrected chi connectivity index (χ4v) is 2.04. The molecule has 6 heteroatoms. The number of anilines is 2. The van der Waals surface area contributed by atoms with E-state index in [1.165, 1.54) is 0 Å². The second-order valence-corrected chi connectivity index (χ2v) is 4.13. The third kappa shape index (κ3) is 3.04. The summed E-state index contributed by atoms with van der Waals surface area (Å²) in [5.41, 5.74) is 5.56. The first-order valence-corrected chi connectivity index (χ1v) is 6.00. The second-order valence-electron chi connectivity index (χ2n) is 4.13. The van der Waals surface area contributed by atoms with Crippen LogP contribution in [0.3, 0.4) is 0 Å². The Bertz CT molecular complexity index is 348.